The molecule has 0 radical (unpaired) electrons. The Bertz CT molecular complexity index is 2310. The van der Waals surface area contributed by atoms with Gasteiger partial charge in [-0.05, 0) is 119 Å². The van der Waals surface area contributed by atoms with Crippen molar-refractivity contribution in [2.24, 2.45) is 17.8 Å². The molecule has 0 aromatic carbocycles. The number of rotatable bonds is 9. The van der Waals surface area contributed by atoms with Crippen LogP contribution in [0, 0.1) is 149 Å². The first kappa shape index (κ1) is 61.7. The Morgan fingerprint density at radius 2 is 0.903 bits per heavy atom. The van der Waals surface area contributed by atoms with Gasteiger partial charge in [0.25, 0.3) is 0 Å². The highest BCUT2D eigenvalue weighted by molar-refractivity contribution is 7.11. The number of nitrogens with zero attached hydrogens (tertiary/aromatic N) is 6. The lowest BCUT2D eigenvalue weighted by molar-refractivity contribution is 0.357. The Morgan fingerprint density at radius 1 is 0.484 bits per heavy atom. The first-order chi connectivity index (χ1) is 28.2. The molecule has 0 amide bonds. The van der Waals surface area contributed by atoms with Crippen molar-refractivity contribution in [3.05, 3.63) is 33.5 Å². The molecule has 3 heterocycles. The molecule has 0 saturated carbocycles. The molecule has 3 aromatic heterocycles. The maximum Gasteiger partial charge on any atom is 0.226 e. The number of terminal acetylenes is 1. The van der Waals surface area contributed by atoms with E-state index in [1.165, 1.54) is 5.01 Å². The Hall–Kier alpha value is -7.00. The monoisotopic (exact) mass is 848 g/mol. The topological polar surface area (TPSA) is 104 Å². The van der Waals surface area contributed by atoms with E-state index in [4.69, 9.17) is 15.4 Å². The molecule has 3 rings (SSSR count). The van der Waals surface area contributed by atoms with Crippen molar-refractivity contribution >= 4 is 11.3 Å². The Morgan fingerprint density at radius 3 is 1.23 bits per heavy atom. The molecule has 8 nitrogen and oxygen atoms in total. The van der Waals surface area contributed by atoms with Gasteiger partial charge in [0.2, 0.25) is 17.7 Å². The van der Waals surface area contributed by atoms with Gasteiger partial charge < -0.3 is 8.94 Å². The van der Waals surface area contributed by atoms with E-state index in [1.807, 2.05) is 13.8 Å². The molecule has 0 bridgehead atoms. The second-order valence-electron chi connectivity index (χ2n) is 14.1. The fourth-order valence-corrected chi connectivity index (χ4v) is 4.48. The van der Waals surface area contributed by atoms with Gasteiger partial charge in [0, 0.05) is 60.7 Å². The normalized spacial score (nSPS) is 8.10. The van der Waals surface area contributed by atoms with Gasteiger partial charge in [0.1, 0.15) is 10.0 Å². The lowest BCUT2D eigenvalue weighted by Crippen LogP contribution is -1.95. The zero-order valence-corrected chi connectivity index (χ0v) is 37.4. The quantitative estimate of drug-likeness (QED) is 0.196. The van der Waals surface area contributed by atoms with Crippen LogP contribution in [0.4, 0.5) is 0 Å². The third-order valence-corrected chi connectivity index (χ3v) is 7.27. The van der Waals surface area contributed by atoms with Crippen LogP contribution >= 0.6 is 11.3 Å². The van der Waals surface area contributed by atoms with Crippen LogP contribution in [0.2, 0.25) is 0 Å². The molecule has 0 aliphatic rings. The van der Waals surface area contributed by atoms with Crippen molar-refractivity contribution in [1.82, 2.24) is 30.5 Å². The van der Waals surface area contributed by atoms with E-state index in [1.54, 1.807) is 18.3 Å². The Labute approximate surface area is 380 Å². The molecule has 9 heteroatoms. The van der Waals surface area contributed by atoms with Gasteiger partial charge in [0.05, 0.1) is 0 Å². The molecule has 0 N–H and O–H groups in total. The molecule has 0 fully saturated rings. The van der Waals surface area contributed by atoms with Gasteiger partial charge in [-0.3, -0.25) is 0 Å². The Kier molecular flexibility index (Phi) is 39.2. The van der Waals surface area contributed by atoms with Crippen LogP contribution in [-0.2, 0) is 19.3 Å². The van der Waals surface area contributed by atoms with Crippen LogP contribution in [0.5, 0.6) is 0 Å². The van der Waals surface area contributed by atoms with Gasteiger partial charge >= 0.3 is 0 Å². The van der Waals surface area contributed by atoms with Gasteiger partial charge in [-0.15, -0.1) is 38.2 Å². The lowest BCUT2D eigenvalue weighted by Gasteiger charge is -1.98. The third-order valence-electron chi connectivity index (χ3n) is 6.02. The summed E-state index contributed by atoms with van der Waals surface area (Å²) in [6.45, 7) is 27.2. The molecule has 0 atom stereocenters. The van der Waals surface area contributed by atoms with Crippen molar-refractivity contribution in [2.45, 2.75) is 149 Å². The van der Waals surface area contributed by atoms with Crippen molar-refractivity contribution in [3.63, 3.8) is 0 Å². The van der Waals surface area contributed by atoms with Crippen LogP contribution < -0.4 is 0 Å². The zero-order chi connectivity index (χ0) is 44.3. The van der Waals surface area contributed by atoms with E-state index in [2.05, 4.69) is 224 Å². The number of hydrogen-bond acceptors (Lipinski definition) is 9. The van der Waals surface area contributed by atoms with Crippen LogP contribution in [0.25, 0.3) is 0 Å². The maximum absolute atomic E-state index is 5.43. The largest absolute Gasteiger partial charge is 0.425 e. The van der Waals surface area contributed by atoms with E-state index < -0.39 is 0 Å². The minimum Gasteiger partial charge on any atom is -0.425 e. The van der Waals surface area contributed by atoms with E-state index in [-0.39, 0.29) is 22.3 Å². The summed E-state index contributed by atoms with van der Waals surface area (Å²) in [5.41, 5.74) is 0. The number of hydrogen-bond donors (Lipinski definition) is 0. The SMILES string of the molecule is C.C.C.C#CC#CC#CC#CC#CC#CC#CC#CC#CC#CC#CC.CC(C)Cc1nc(C(C)C)no1.CC(C)Cc1nnc(C(C)C)o1.CC(C)Cc1nnc(C(C)C)s1. The smallest absolute Gasteiger partial charge is 0.226 e. The van der Waals surface area contributed by atoms with E-state index in [9.17, 15) is 0 Å². The summed E-state index contributed by atoms with van der Waals surface area (Å²) >= 11 is 1.75. The Balaban J connectivity index is -0.000000372. The van der Waals surface area contributed by atoms with E-state index >= 15 is 0 Å². The predicted octanol–water partition coefficient (Wildman–Crippen LogP) is 10.2. The molecule has 0 aliphatic heterocycles. The first-order valence-corrected chi connectivity index (χ1v) is 19.9. The summed E-state index contributed by atoms with van der Waals surface area (Å²) in [6.07, 6.45) is 7.71. The molecule has 0 unspecified atom stereocenters. The summed E-state index contributed by atoms with van der Waals surface area (Å²) in [7, 11) is 0. The highest BCUT2D eigenvalue weighted by Crippen LogP contribution is 2.20. The maximum atomic E-state index is 5.43. The standard InChI is InChI=1S/C23H4.2C9H16N2O.C9H16N2S.3CH4/c1-3-5-7-9-11-13-15-17-19-21-23-22-20-18-16-14-12-10-8-6-4-2;1-6(2)5-8-10-11-9(12-8)7(3)4;1-6(2)5-8-10-9(7(3)4)11-12-8;1-6(2)5-8-10-11-9(12-8)7(3)4;;;/h1H,2H3;3*6-7H,5H2,1-4H3;3*1H4. The minimum absolute atomic E-state index is 0. The van der Waals surface area contributed by atoms with Crippen LogP contribution in [0.15, 0.2) is 8.94 Å². The molecule has 0 aliphatic carbocycles. The summed E-state index contributed by atoms with van der Waals surface area (Å²) in [6, 6.07) is 0. The van der Waals surface area contributed by atoms with Gasteiger partial charge in [-0.2, -0.15) is 4.98 Å². The van der Waals surface area contributed by atoms with Gasteiger partial charge in [-0.1, -0.05) is 116 Å². The van der Waals surface area contributed by atoms with Crippen LogP contribution in [0.3, 0.4) is 0 Å². The predicted molar refractivity (Wildman–Crippen MR) is 259 cm³/mol. The average Bonchev–Trinajstić information content (AvgIpc) is 3.95. The summed E-state index contributed by atoms with van der Waals surface area (Å²) in [5, 5.41) is 22.4. The van der Waals surface area contributed by atoms with Crippen molar-refractivity contribution in [2.75, 3.05) is 0 Å². The molecular formula is C53H64N6O2S. The molecule has 3 aromatic rings. The van der Waals surface area contributed by atoms with Crippen molar-refractivity contribution < 1.29 is 8.94 Å². The summed E-state index contributed by atoms with van der Waals surface area (Å²) in [4.78, 5) is 4.27. The van der Waals surface area contributed by atoms with Crippen LogP contribution in [-0.4, -0.2) is 30.5 Å². The highest BCUT2D eigenvalue weighted by atomic mass is 32.1. The fraction of sp³-hybridized carbons (Fsp3) is 0.472. The van der Waals surface area contributed by atoms with Crippen molar-refractivity contribution in [3.8, 4) is 131 Å². The molecule has 62 heavy (non-hydrogen) atoms. The summed E-state index contributed by atoms with van der Waals surface area (Å²) in [5.74, 6) is 58.0. The second-order valence-corrected chi connectivity index (χ2v) is 15.2. The number of aromatic nitrogens is 6. The molecular weight excluding hydrogens is 785 g/mol. The highest BCUT2D eigenvalue weighted by Gasteiger charge is 2.11. The van der Waals surface area contributed by atoms with E-state index in [0.717, 1.165) is 47.8 Å². The van der Waals surface area contributed by atoms with Crippen LogP contribution in [0.1, 0.15) is 164 Å². The first-order valence-electron chi connectivity index (χ1n) is 19.0. The fourth-order valence-electron chi connectivity index (χ4n) is 3.43. The lowest BCUT2D eigenvalue weighted by atomic mass is 10.1. The van der Waals surface area contributed by atoms with E-state index in [0.29, 0.717) is 35.5 Å². The molecule has 324 valence electrons. The van der Waals surface area contributed by atoms with Gasteiger partial charge in [-0.25, -0.2) is 0 Å². The minimum atomic E-state index is 0. The van der Waals surface area contributed by atoms with Gasteiger partial charge in [0.15, 0.2) is 5.82 Å². The average molecular weight is 849 g/mol. The molecule has 0 spiro atoms. The second kappa shape index (κ2) is 39.5. The van der Waals surface area contributed by atoms with Crippen molar-refractivity contribution in [1.29, 1.82) is 0 Å². The third kappa shape index (κ3) is 35.0. The zero-order valence-electron chi connectivity index (χ0n) is 36.6. The molecule has 0 saturated heterocycles. The summed E-state index contributed by atoms with van der Waals surface area (Å²) < 4.78 is 10.5.